The lowest BCUT2D eigenvalue weighted by molar-refractivity contribution is 0.968. The van der Waals surface area contributed by atoms with Gasteiger partial charge in [-0.3, -0.25) is 0 Å². The monoisotopic (exact) mass is 159 g/mol. The minimum Gasteiger partial charge on any atom is -0.375 e. The number of rotatable bonds is 2. The van der Waals surface area contributed by atoms with E-state index in [-0.39, 0.29) is 0 Å². The smallest absolute Gasteiger partial charge is 0.0376 e. The molecule has 0 aliphatic carbocycles. The van der Waals surface area contributed by atoms with E-state index >= 15 is 0 Å². The summed E-state index contributed by atoms with van der Waals surface area (Å²) in [4.78, 5) is 2.15. The summed E-state index contributed by atoms with van der Waals surface area (Å²) in [6.45, 7) is 3.11. The van der Waals surface area contributed by atoms with Crippen molar-refractivity contribution in [1.29, 1.82) is 0 Å². The fraction of sp³-hybridized carbons (Fsp3) is 0.273. The van der Waals surface area contributed by atoms with Crippen LogP contribution in [0.15, 0.2) is 24.3 Å². The van der Waals surface area contributed by atoms with E-state index in [0.717, 1.165) is 12.1 Å². The summed E-state index contributed by atoms with van der Waals surface area (Å²) in [5.41, 5.74) is 2.11. The van der Waals surface area contributed by atoms with Crippen LogP contribution in [0.5, 0.6) is 0 Å². The van der Waals surface area contributed by atoms with E-state index in [1.54, 1.807) is 0 Å². The third-order valence-corrected chi connectivity index (χ3v) is 1.93. The predicted molar refractivity (Wildman–Crippen MR) is 53.3 cm³/mol. The molecule has 1 aromatic rings. The van der Waals surface area contributed by atoms with Gasteiger partial charge >= 0.3 is 0 Å². The number of hydrogen-bond donors (Lipinski definition) is 0. The van der Waals surface area contributed by atoms with Gasteiger partial charge in [0.2, 0.25) is 0 Å². The average molecular weight is 159 g/mol. The molecule has 1 heteroatoms. The first-order chi connectivity index (χ1) is 5.77. The Labute approximate surface area is 74.0 Å². The molecule has 1 aromatic carbocycles. The molecule has 0 aliphatic rings. The highest BCUT2D eigenvalue weighted by Gasteiger charge is 1.96. The fourth-order valence-corrected chi connectivity index (χ4v) is 1.02. The van der Waals surface area contributed by atoms with Crippen molar-refractivity contribution in [3.05, 3.63) is 29.8 Å². The normalized spacial score (nSPS) is 9.08. The van der Waals surface area contributed by atoms with Crippen molar-refractivity contribution in [3.63, 3.8) is 0 Å². The first-order valence-electron chi connectivity index (χ1n) is 4.05. The van der Waals surface area contributed by atoms with Crippen molar-refractivity contribution in [1.82, 2.24) is 0 Å². The zero-order valence-electron chi connectivity index (χ0n) is 7.54. The molecule has 0 aromatic heterocycles. The van der Waals surface area contributed by atoms with Crippen LogP contribution in [0.4, 0.5) is 5.69 Å². The molecule has 0 radical (unpaired) electrons. The molecular weight excluding hydrogens is 146 g/mol. The maximum absolute atomic E-state index is 5.29. The summed E-state index contributed by atoms with van der Waals surface area (Å²) >= 11 is 0. The molecular formula is C11H13N. The summed E-state index contributed by atoms with van der Waals surface area (Å²) in [6, 6.07) is 8.00. The van der Waals surface area contributed by atoms with Crippen molar-refractivity contribution in [2.24, 2.45) is 0 Å². The summed E-state index contributed by atoms with van der Waals surface area (Å²) in [5.74, 6) is 2.62. The third kappa shape index (κ3) is 1.79. The van der Waals surface area contributed by atoms with Crippen LogP contribution in [0.3, 0.4) is 0 Å². The van der Waals surface area contributed by atoms with Crippen LogP contribution in [0.1, 0.15) is 12.5 Å². The molecule has 0 saturated carbocycles. The van der Waals surface area contributed by atoms with Crippen molar-refractivity contribution in [3.8, 4) is 12.3 Å². The number of hydrogen-bond acceptors (Lipinski definition) is 1. The van der Waals surface area contributed by atoms with Crippen molar-refractivity contribution in [2.75, 3.05) is 18.5 Å². The molecule has 0 unspecified atom stereocenters. The van der Waals surface area contributed by atoms with E-state index in [1.165, 1.54) is 5.69 Å². The molecule has 0 saturated heterocycles. The topological polar surface area (TPSA) is 3.24 Å². The van der Waals surface area contributed by atoms with Crippen LogP contribution >= 0.6 is 0 Å². The fourth-order valence-electron chi connectivity index (χ4n) is 1.02. The summed E-state index contributed by atoms with van der Waals surface area (Å²) < 4.78 is 0. The van der Waals surface area contributed by atoms with E-state index < -0.39 is 0 Å². The number of anilines is 1. The van der Waals surface area contributed by atoms with Crippen molar-refractivity contribution >= 4 is 5.69 Å². The van der Waals surface area contributed by atoms with E-state index in [1.807, 2.05) is 18.2 Å². The SMILES string of the molecule is C#Cc1cccc(N(C)CC)c1. The highest BCUT2D eigenvalue weighted by molar-refractivity contribution is 5.51. The average Bonchev–Trinajstić information content (AvgIpc) is 2.17. The Morgan fingerprint density at radius 1 is 1.50 bits per heavy atom. The van der Waals surface area contributed by atoms with Gasteiger partial charge in [-0.2, -0.15) is 0 Å². The quantitative estimate of drug-likeness (QED) is 0.597. The van der Waals surface area contributed by atoms with E-state index in [0.29, 0.717) is 0 Å². The van der Waals surface area contributed by atoms with Gasteiger partial charge in [-0.15, -0.1) is 6.42 Å². The zero-order valence-corrected chi connectivity index (χ0v) is 7.54. The third-order valence-electron chi connectivity index (χ3n) is 1.93. The zero-order chi connectivity index (χ0) is 8.97. The number of nitrogens with zero attached hydrogens (tertiary/aromatic N) is 1. The van der Waals surface area contributed by atoms with Crippen LogP contribution < -0.4 is 4.90 Å². The van der Waals surface area contributed by atoms with Gasteiger partial charge in [0.25, 0.3) is 0 Å². The maximum atomic E-state index is 5.29. The van der Waals surface area contributed by atoms with Crippen LogP contribution in [0.25, 0.3) is 0 Å². The lowest BCUT2D eigenvalue weighted by Crippen LogP contribution is -2.15. The number of terminal acetylenes is 1. The van der Waals surface area contributed by atoms with Gasteiger partial charge in [-0.05, 0) is 25.1 Å². The molecule has 1 nitrogen and oxygen atoms in total. The molecule has 0 bridgehead atoms. The molecule has 0 heterocycles. The van der Waals surface area contributed by atoms with Gasteiger partial charge in [0.15, 0.2) is 0 Å². The van der Waals surface area contributed by atoms with E-state index in [4.69, 9.17) is 6.42 Å². The summed E-state index contributed by atoms with van der Waals surface area (Å²) in [6.07, 6.45) is 5.29. The second kappa shape index (κ2) is 3.82. The van der Waals surface area contributed by atoms with Gasteiger partial charge in [0.05, 0.1) is 0 Å². The Bertz CT molecular complexity index is 296. The minimum absolute atomic E-state index is 0.938. The van der Waals surface area contributed by atoms with Gasteiger partial charge in [-0.25, -0.2) is 0 Å². The summed E-state index contributed by atoms with van der Waals surface area (Å²) in [7, 11) is 2.05. The number of benzene rings is 1. The first kappa shape index (κ1) is 8.67. The maximum Gasteiger partial charge on any atom is 0.0376 e. The van der Waals surface area contributed by atoms with Gasteiger partial charge in [0, 0.05) is 24.8 Å². The molecule has 0 atom stereocenters. The Kier molecular flexibility index (Phi) is 2.76. The molecule has 0 fully saturated rings. The Morgan fingerprint density at radius 2 is 2.25 bits per heavy atom. The summed E-state index contributed by atoms with van der Waals surface area (Å²) in [5, 5.41) is 0. The molecule has 0 aliphatic heterocycles. The Hall–Kier alpha value is -1.42. The van der Waals surface area contributed by atoms with Crippen LogP contribution in [-0.4, -0.2) is 13.6 Å². The van der Waals surface area contributed by atoms with Crippen molar-refractivity contribution < 1.29 is 0 Å². The van der Waals surface area contributed by atoms with E-state index in [9.17, 15) is 0 Å². The molecule has 0 N–H and O–H groups in total. The van der Waals surface area contributed by atoms with Gasteiger partial charge < -0.3 is 4.90 Å². The largest absolute Gasteiger partial charge is 0.375 e. The lowest BCUT2D eigenvalue weighted by atomic mass is 10.2. The van der Waals surface area contributed by atoms with Crippen LogP contribution in [-0.2, 0) is 0 Å². The van der Waals surface area contributed by atoms with E-state index in [2.05, 4.69) is 30.9 Å². The lowest BCUT2D eigenvalue weighted by Gasteiger charge is -2.16. The molecule has 62 valence electrons. The second-order valence-corrected chi connectivity index (χ2v) is 2.71. The molecule has 12 heavy (non-hydrogen) atoms. The molecule has 1 rings (SSSR count). The van der Waals surface area contributed by atoms with Crippen LogP contribution in [0, 0.1) is 12.3 Å². The first-order valence-corrected chi connectivity index (χ1v) is 4.05. The minimum atomic E-state index is 0.938. The second-order valence-electron chi connectivity index (χ2n) is 2.71. The highest BCUT2D eigenvalue weighted by Crippen LogP contribution is 2.13. The predicted octanol–water partition coefficient (Wildman–Crippen LogP) is 2.12. The van der Waals surface area contributed by atoms with Crippen molar-refractivity contribution in [2.45, 2.75) is 6.92 Å². The molecule has 0 spiro atoms. The Morgan fingerprint density at radius 3 is 2.83 bits per heavy atom. The Balaban J connectivity index is 2.95. The van der Waals surface area contributed by atoms with Gasteiger partial charge in [0.1, 0.15) is 0 Å². The standard InChI is InChI=1S/C11H13N/c1-4-10-7-6-8-11(9-10)12(3)5-2/h1,6-9H,5H2,2-3H3. The highest BCUT2D eigenvalue weighted by atomic mass is 15.1. The van der Waals surface area contributed by atoms with Gasteiger partial charge in [-0.1, -0.05) is 12.0 Å². The van der Waals surface area contributed by atoms with Crippen LogP contribution in [0.2, 0.25) is 0 Å². The molecule has 0 amide bonds.